The molecule has 8 heteroatoms. The third-order valence-corrected chi connectivity index (χ3v) is 4.10. The van der Waals surface area contributed by atoms with E-state index in [4.69, 9.17) is 0 Å². The van der Waals surface area contributed by atoms with Crippen LogP contribution in [0.2, 0.25) is 0 Å². The van der Waals surface area contributed by atoms with Crippen LogP contribution in [0, 0.1) is 5.82 Å². The monoisotopic (exact) mass is 316 g/mol. The summed E-state index contributed by atoms with van der Waals surface area (Å²) >= 11 is 1.12. The number of halogens is 1. The quantitative estimate of drug-likeness (QED) is 0.689. The second kappa shape index (κ2) is 6.18. The molecular weight excluding hydrogens is 303 g/mol. The lowest BCUT2D eigenvalue weighted by Gasteiger charge is -2.05. The Morgan fingerprint density at radius 2 is 2.05 bits per heavy atom. The number of nitrogens with zero attached hydrogens (tertiary/aromatic N) is 6. The molecule has 0 unspecified atom stereocenters. The first-order valence-corrected chi connectivity index (χ1v) is 7.50. The second-order valence-electron chi connectivity index (χ2n) is 4.48. The van der Waals surface area contributed by atoms with E-state index < -0.39 is 5.82 Å². The Morgan fingerprint density at radius 3 is 2.77 bits per heavy atom. The fourth-order valence-corrected chi connectivity index (χ4v) is 2.70. The number of aromatic nitrogens is 6. The van der Waals surface area contributed by atoms with Gasteiger partial charge in [0, 0.05) is 13.2 Å². The molecule has 0 aliphatic heterocycles. The highest BCUT2D eigenvalue weighted by Gasteiger charge is 2.17. The van der Waals surface area contributed by atoms with E-state index in [1.54, 1.807) is 10.8 Å². The Hall–Kier alpha value is -2.35. The molecule has 0 saturated carbocycles. The van der Waals surface area contributed by atoms with Crippen LogP contribution >= 0.6 is 11.8 Å². The predicted octanol–water partition coefficient (Wildman–Crippen LogP) is 2.52. The van der Waals surface area contributed by atoms with Gasteiger partial charge in [-0.25, -0.2) is 14.4 Å². The van der Waals surface area contributed by atoms with Gasteiger partial charge in [0.15, 0.2) is 16.8 Å². The van der Waals surface area contributed by atoms with Crippen LogP contribution in [0.5, 0.6) is 0 Å². The Labute approximate surface area is 130 Å². The van der Waals surface area contributed by atoms with Crippen molar-refractivity contribution < 1.29 is 4.39 Å². The zero-order valence-electron chi connectivity index (χ0n) is 12.1. The van der Waals surface area contributed by atoms with Crippen LogP contribution in [-0.2, 0) is 13.5 Å². The lowest BCUT2D eigenvalue weighted by Crippen LogP contribution is -2.00. The molecule has 3 aromatic heterocycles. The fraction of sp³-hybridized carbons (Fsp3) is 0.214. The molecule has 0 amide bonds. The summed E-state index contributed by atoms with van der Waals surface area (Å²) in [5, 5.41) is 9.00. The molecule has 0 saturated heterocycles. The van der Waals surface area contributed by atoms with E-state index in [1.165, 1.54) is 6.33 Å². The highest BCUT2D eigenvalue weighted by Crippen LogP contribution is 2.29. The maximum atomic E-state index is 14.2. The minimum Gasteiger partial charge on any atom is -0.304 e. The highest BCUT2D eigenvalue weighted by molar-refractivity contribution is 7.99. The van der Waals surface area contributed by atoms with Gasteiger partial charge in [-0.2, -0.15) is 0 Å². The summed E-state index contributed by atoms with van der Waals surface area (Å²) in [5.74, 6) is 0.214. The minimum atomic E-state index is -0.405. The Kier molecular flexibility index (Phi) is 4.10. The molecule has 0 aromatic carbocycles. The van der Waals surface area contributed by atoms with Gasteiger partial charge in [-0.1, -0.05) is 13.0 Å². The minimum absolute atomic E-state index is 0.245. The lowest BCUT2D eigenvalue weighted by molar-refractivity contribution is 0.558. The van der Waals surface area contributed by atoms with Gasteiger partial charge >= 0.3 is 0 Å². The molecular formula is C14H13FN6S. The van der Waals surface area contributed by atoms with E-state index in [1.807, 2.05) is 32.2 Å². The molecule has 0 bridgehead atoms. The van der Waals surface area contributed by atoms with Crippen LogP contribution in [0.4, 0.5) is 4.39 Å². The zero-order valence-corrected chi connectivity index (χ0v) is 12.9. The van der Waals surface area contributed by atoms with Crippen molar-refractivity contribution in [3.05, 3.63) is 42.2 Å². The maximum Gasteiger partial charge on any atom is 0.197 e. The SMILES string of the molecule is CCc1ncnc(Sc2nnc(-c3ccccn3)n2C)c1F. The zero-order chi connectivity index (χ0) is 15.5. The predicted molar refractivity (Wildman–Crippen MR) is 79.7 cm³/mol. The van der Waals surface area contributed by atoms with E-state index in [2.05, 4.69) is 25.1 Å². The van der Waals surface area contributed by atoms with E-state index in [0.29, 0.717) is 28.8 Å². The van der Waals surface area contributed by atoms with E-state index in [-0.39, 0.29) is 5.03 Å². The fourth-order valence-electron chi connectivity index (χ4n) is 1.91. The van der Waals surface area contributed by atoms with Gasteiger partial charge in [0.2, 0.25) is 0 Å². The van der Waals surface area contributed by atoms with Crippen molar-refractivity contribution in [1.82, 2.24) is 29.7 Å². The van der Waals surface area contributed by atoms with Gasteiger partial charge in [0.1, 0.15) is 17.0 Å². The van der Waals surface area contributed by atoms with Crippen LogP contribution in [0.1, 0.15) is 12.6 Å². The molecule has 0 N–H and O–H groups in total. The first kappa shape index (κ1) is 14.6. The normalized spacial score (nSPS) is 10.9. The Bertz CT molecular complexity index is 789. The van der Waals surface area contributed by atoms with Crippen molar-refractivity contribution in [1.29, 1.82) is 0 Å². The summed E-state index contributed by atoms with van der Waals surface area (Å²) in [4.78, 5) is 12.2. The van der Waals surface area contributed by atoms with Crippen molar-refractivity contribution in [3.8, 4) is 11.5 Å². The molecule has 3 rings (SSSR count). The lowest BCUT2D eigenvalue weighted by atomic mass is 10.3. The summed E-state index contributed by atoms with van der Waals surface area (Å²) in [7, 11) is 1.81. The topological polar surface area (TPSA) is 69.4 Å². The number of rotatable bonds is 4. The van der Waals surface area contributed by atoms with E-state index in [0.717, 1.165) is 11.8 Å². The summed E-state index contributed by atoms with van der Waals surface area (Å²) in [6, 6.07) is 5.55. The van der Waals surface area contributed by atoms with Crippen molar-refractivity contribution in [2.75, 3.05) is 0 Å². The number of hydrogen-bond acceptors (Lipinski definition) is 6. The number of hydrogen-bond donors (Lipinski definition) is 0. The van der Waals surface area contributed by atoms with Gasteiger partial charge in [-0.15, -0.1) is 10.2 Å². The number of pyridine rings is 1. The molecule has 22 heavy (non-hydrogen) atoms. The molecule has 0 atom stereocenters. The number of aryl methyl sites for hydroxylation is 1. The smallest absolute Gasteiger partial charge is 0.197 e. The van der Waals surface area contributed by atoms with Crippen LogP contribution in [0.15, 0.2) is 40.9 Å². The summed E-state index contributed by atoms with van der Waals surface area (Å²) in [6.45, 7) is 1.85. The molecule has 0 radical (unpaired) electrons. The van der Waals surface area contributed by atoms with Gasteiger partial charge in [0.25, 0.3) is 0 Å². The highest BCUT2D eigenvalue weighted by atomic mass is 32.2. The molecule has 0 aliphatic rings. The molecule has 0 aliphatic carbocycles. The largest absolute Gasteiger partial charge is 0.304 e. The summed E-state index contributed by atoms with van der Waals surface area (Å²) < 4.78 is 16.0. The van der Waals surface area contributed by atoms with E-state index in [9.17, 15) is 4.39 Å². The standard InChI is InChI=1S/C14H13FN6S/c1-3-9-11(15)13(18-8-17-9)22-14-20-19-12(21(14)2)10-6-4-5-7-16-10/h4-8H,3H2,1-2H3. The molecule has 3 aromatic rings. The van der Waals surface area contributed by atoms with Crippen molar-refractivity contribution in [2.45, 2.75) is 23.5 Å². The average molecular weight is 316 g/mol. The van der Waals surface area contributed by atoms with Crippen LogP contribution in [-0.4, -0.2) is 29.7 Å². The van der Waals surface area contributed by atoms with Crippen LogP contribution < -0.4 is 0 Å². The Morgan fingerprint density at radius 1 is 1.18 bits per heavy atom. The maximum absolute atomic E-state index is 14.2. The Balaban J connectivity index is 1.93. The average Bonchev–Trinajstić information content (AvgIpc) is 2.91. The third-order valence-electron chi connectivity index (χ3n) is 3.08. The molecule has 0 fully saturated rings. The van der Waals surface area contributed by atoms with Crippen molar-refractivity contribution in [3.63, 3.8) is 0 Å². The van der Waals surface area contributed by atoms with Crippen LogP contribution in [0.3, 0.4) is 0 Å². The second-order valence-corrected chi connectivity index (χ2v) is 5.43. The van der Waals surface area contributed by atoms with Crippen LogP contribution in [0.25, 0.3) is 11.5 Å². The van der Waals surface area contributed by atoms with Gasteiger partial charge in [-0.05, 0) is 30.3 Å². The first-order valence-electron chi connectivity index (χ1n) is 6.68. The molecule has 3 heterocycles. The van der Waals surface area contributed by atoms with Crippen molar-refractivity contribution >= 4 is 11.8 Å². The van der Waals surface area contributed by atoms with Crippen molar-refractivity contribution in [2.24, 2.45) is 7.05 Å². The molecule has 0 spiro atoms. The summed E-state index contributed by atoms with van der Waals surface area (Å²) in [6.07, 6.45) is 3.56. The first-order chi connectivity index (χ1) is 10.7. The molecule has 112 valence electrons. The summed E-state index contributed by atoms with van der Waals surface area (Å²) in [5.41, 5.74) is 1.10. The van der Waals surface area contributed by atoms with Gasteiger partial charge in [0.05, 0.1) is 5.69 Å². The van der Waals surface area contributed by atoms with Gasteiger partial charge in [-0.3, -0.25) is 4.98 Å². The van der Waals surface area contributed by atoms with E-state index >= 15 is 0 Å². The van der Waals surface area contributed by atoms with Gasteiger partial charge < -0.3 is 4.57 Å². The third kappa shape index (κ3) is 2.69. The molecule has 6 nitrogen and oxygen atoms in total.